The van der Waals surface area contributed by atoms with E-state index in [1.54, 1.807) is 42.5 Å². The maximum atomic E-state index is 13.3. The van der Waals surface area contributed by atoms with Crippen molar-refractivity contribution in [2.24, 2.45) is 0 Å². The largest absolute Gasteiger partial charge is 0.298 e. The van der Waals surface area contributed by atoms with Gasteiger partial charge in [0.2, 0.25) is 0 Å². The Hall–Kier alpha value is -4.00. The number of benzene rings is 3. The molecular weight excluding hydrogens is 468 g/mol. The summed E-state index contributed by atoms with van der Waals surface area (Å²) in [5, 5.41) is 13.9. The van der Waals surface area contributed by atoms with Crippen molar-refractivity contribution in [3.63, 3.8) is 0 Å². The average molecular weight is 487 g/mol. The summed E-state index contributed by atoms with van der Waals surface area (Å²) < 4.78 is 28.0. The van der Waals surface area contributed by atoms with E-state index in [1.165, 1.54) is 27.8 Å². The molecule has 3 aromatic carbocycles. The van der Waals surface area contributed by atoms with Gasteiger partial charge < -0.3 is 0 Å². The Balaban J connectivity index is 1.35. The fourth-order valence-electron chi connectivity index (χ4n) is 3.83. The number of nitriles is 1. The number of aromatic nitrogens is 1. The van der Waals surface area contributed by atoms with E-state index in [0.717, 1.165) is 11.1 Å². The maximum Gasteiger partial charge on any atom is 0.264 e. The molecule has 0 spiro atoms. The normalized spacial score (nSPS) is 12.7. The van der Waals surface area contributed by atoms with Crippen molar-refractivity contribution in [3.05, 3.63) is 94.9 Å². The van der Waals surface area contributed by atoms with E-state index in [0.29, 0.717) is 35.0 Å². The maximum absolute atomic E-state index is 13.3. The summed E-state index contributed by atoms with van der Waals surface area (Å²) in [4.78, 5) is 17.4. The van der Waals surface area contributed by atoms with Gasteiger partial charge in [0.25, 0.3) is 15.9 Å². The first-order chi connectivity index (χ1) is 16.5. The molecule has 0 unspecified atom stereocenters. The predicted molar refractivity (Wildman–Crippen MR) is 131 cm³/mol. The molecule has 0 bridgehead atoms. The van der Waals surface area contributed by atoms with Crippen LogP contribution in [0.4, 0.5) is 10.8 Å². The van der Waals surface area contributed by atoms with Crippen LogP contribution in [-0.2, 0) is 16.4 Å². The molecule has 4 aromatic rings. The van der Waals surface area contributed by atoms with Crippen LogP contribution in [0, 0.1) is 11.3 Å². The number of nitrogens with zero attached hydrogens (tertiary/aromatic N) is 3. The lowest BCUT2D eigenvalue weighted by molar-refractivity contribution is 0.102. The van der Waals surface area contributed by atoms with Gasteiger partial charge in [-0.25, -0.2) is 13.4 Å². The summed E-state index contributed by atoms with van der Waals surface area (Å²) in [5.74, 6) is -0.445. The fraction of sp³-hybridized carbons (Fsp3) is 0.0800. The standard InChI is InChI=1S/C25H18N4O3S2/c26-15-17-8-10-18(11-9-17)22-16-33-25(27-22)28-24(30)20-5-3-6-21(14-20)34(31,32)29-13-12-19-4-1-2-7-23(19)29/h1-11,14,16H,12-13H2,(H,27,28,30). The second-order valence-corrected chi connectivity index (χ2v) is 10.4. The van der Waals surface area contributed by atoms with Crippen LogP contribution in [0.3, 0.4) is 0 Å². The van der Waals surface area contributed by atoms with E-state index >= 15 is 0 Å². The van der Waals surface area contributed by atoms with Crippen molar-refractivity contribution >= 4 is 38.1 Å². The van der Waals surface area contributed by atoms with Crippen molar-refractivity contribution in [1.82, 2.24) is 4.98 Å². The summed E-state index contributed by atoms with van der Waals surface area (Å²) in [6, 6.07) is 22.5. The molecular formula is C25H18N4O3S2. The van der Waals surface area contributed by atoms with Crippen molar-refractivity contribution < 1.29 is 13.2 Å². The SMILES string of the molecule is N#Cc1ccc(-c2csc(NC(=O)c3cccc(S(=O)(=O)N4CCc5ccccc54)c3)n2)cc1. The van der Waals surface area contributed by atoms with Crippen LogP contribution in [0.25, 0.3) is 11.3 Å². The number of amides is 1. The van der Waals surface area contributed by atoms with E-state index in [1.807, 2.05) is 23.6 Å². The van der Waals surface area contributed by atoms with Gasteiger partial charge in [-0.2, -0.15) is 5.26 Å². The van der Waals surface area contributed by atoms with Gasteiger partial charge in [0.15, 0.2) is 5.13 Å². The van der Waals surface area contributed by atoms with Crippen LogP contribution < -0.4 is 9.62 Å². The first-order valence-electron chi connectivity index (χ1n) is 10.4. The zero-order valence-electron chi connectivity index (χ0n) is 17.8. The third-order valence-corrected chi connectivity index (χ3v) is 8.13. The van der Waals surface area contributed by atoms with Crippen LogP contribution in [0.5, 0.6) is 0 Å². The van der Waals surface area contributed by atoms with Gasteiger partial charge in [-0.15, -0.1) is 11.3 Å². The van der Waals surface area contributed by atoms with Crippen molar-refractivity contribution in [1.29, 1.82) is 5.26 Å². The number of thiazole rings is 1. The quantitative estimate of drug-likeness (QED) is 0.441. The number of hydrogen-bond acceptors (Lipinski definition) is 6. The van der Waals surface area contributed by atoms with Gasteiger partial charge in [-0.3, -0.25) is 14.4 Å². The average Bonchev–Trinajstić information content (AvgIpc) is 3.52. The molecule has 1 amide bonds. The van der Waals surface area contributed by atoms with Gasteiger partial charge >= 0.3 is 0 Å². The van der Waals surface area contributed by atoms with Crippen LogP contribution >= 0.6 is 11.3 Å². The lowest BCUT2D eigenvalue weighted by Gasteiger charge is -2.19. The molecule has 0 atom stereocenters. The number of hydrogen-bond donors (Lipinski definition) is 1. The molecule has 1 aliphatic rings. The van der Waals surface area contributed by atoms with Gasteiger partial charge in [-0.05, 0) is 48.4 Å². The highest BCUT2D eigenvalue weighted by Crippen LogP contribution is 2.33. The zero-order chi connectivity index (χ0) is 23.7. The van der Waals surface area contributed by atoms with E-state index in [9.17, 15) is 13.2 Å². The van der Waals surface area contributed by atoms with E-state index in [4.69, 9.17) is 5.26 Å². The Morgan fingerprint density at radius 3 is 2.65 bits per heavy atom. The number of sulfonamides is 1. The second kappa shape index (κ2) is 8.74. The molecule has 0 saturated heterocycles. The molecule has 0 aliphatic carbocycles. The monoisotopic (exact) mass is 486 g/mol. The molecule has 9 heteroatoms. The Morgan fingerprint density at radius 1 is 1.06 bits per heavy atom. The molecule has 168 valence electrons. The lowest BCUT2D eigenvalue weighted by atomic mass is 10.1. The van der Waals surface area contributed by atoms with Gasteiger partial charge in [0, 0.05) is 23.1 Å². The third kappa shape index (κ3) is 4.05. The molecule has 0 radical (unpaired) electrons. The van der Waals surface area contributed by atoms with Crippen LogP contribution in [-0.4, -0.2) is 25.9 Å². The first kappa shape index (κ1) is 21.8. The zero-order valence-corrected chi connectivity index (χ0v) is 19.4. The highest BCUT2D eigenvalue weighted by atomic mass is 32.2. The Bertz CT molecular complexity index is 1540. The topological polar surface area (TPSA) is 103 Å². The molecule has 1 N–H and O–H groups in total. The number of para-hydroxylation sites is 1. The summed E-state index contributed by atoms with van der Waals surface area (Å²) >= 11 is 1.27. The number of anilines is 2. The van der Waals surface area contributed by atoms with Crippen molar-refractivity contribution in [3.8, 4) is 17.3 Å². The summed E-state index contributed by atoms with van der Waals surface area (Å²) in [7, 11) is -3.80. The molecule has 1 aliphatic heterocycles. The Kier molecular flexibility index (Phi) is 5.61. The van der Waals surface area contributed by atoms with E-state index in [-0.39, 0.29) is 10.5 Å². The minimum absolute atomic E-state index is 0.0641. The third-order valence-electron chi connectivity index (χ3n) is 5.56. The minimum Gasteiger partial charge on any atom is -0.298 e. The molecule has 1 aromatic heterocycles. The summed E-state index contributed by atoms with van der Waals surface area (Å²) in [6.07, 6.45) is 0.654. The van der Waals surface area contributed by atoms with Gasteiger partial charge in [0.1, 0.15) is 0 Å². The summed E-state index contributed by atoms with van der Waals surface area (Å²) in [5.41, 5.74) is 3.95. The number of fused-ring (bicyclic) bond motifs is 1. The van der Waals surface area contributed by atoms with Gasteiger partial charge in [0.05, 0.1) is 27.9 Å². The van der Waals surface area contributed by atoms with Gasteiger partial charge in [-0.1, -0.05) is 36.4 Å². The Morgan fingerprint density at radius 2 is 1.85 bits per heavy atom. The highest BCUT2D eigenvalue weighted by Gasteiger charge is 2.31. The van der Waals surface area contributed by atoms with E-state index < -0.39 is 15.9 Å². The van der Waals surface area contributed by atoms with Crippen LogP contribution in [0.1, 0.15) is 21.5 Å². The predicted octanol–water partition coefficient (Wildman–Crippen LogP) is 4.69. The fourth-order valence-corrected chi connectivity index (χ4v) is 6.10. The molecule has 7 nitrogen and oxygen atoms in total. The Labute approximate surface area is 201 Å². The lowest BCUT2D eigenvalue weighted by Crippen LogP contribution is -2.29. The molecule has 5 rings (SSSR count). The van der Waals surface area contributed by atoms with Crippen LogP contribution in [0.2, 0.25) is 0 Å². The number of carbonyl (C=O) groups excluding carboxylic acids is 1. The number of nitrogens with one attached hydrogen (secondary N) is 1. The molecule has 2 heterocycles. The van der Waals surface area contributed by atoms with Crippen molar-refractivity contribution in [2.75, 3.05) is 16.2 Å². The molecule has 34 heavy (non-hydrogen) atoms. The summed E-state index contributed by atoms with van der Waals surface area (Å²) in [6.45, 7) is 0.370. The van der Waals surface area contributed by atoms with Crippen LogP contribution in [0.15, 0.2) is 83.1 Å². The van der Waals surface area contributed by atoms with Crippen molar-refractivity contribution in [2.45, 2.75) is 11.3 Å². The minimum atomic E-state index is -3.80. The second-order valence-electron chi connectivity index (χ2n) is 7.66. The first-order valence-corrected chi connectivity index (χ1v) is 12.8. The number of carbonyl (C=O) groups is 1. The highest BCUT2D eigenvalue weighted by molar-refractivity contribution is 7.92. The number of rotatable bonds is 5. The smallest absolute Gasteiger partial charge is 0.264 e. The molecule has 0 saturated carbocycles. The molecule has 0 fully saturated rings. The van der Waals surface area contributed by atoms with E-state index in [2.05, 4.69) is 16.4 Å².